The fourth-order valence-corrected chi connectivity index (χ4v) is 4.01. The number of nitrogens with zero attached hydrogens (tertiary/aromatic N) is 4. The summed E-state index contributed by atoms with van der Waals surface area (Å²) in [5, 5.41) is 0. The lowest BCUT2D eigenvalue weighted by atomic mass is 9.89. The molecule has 7 heteroatoms. The predicted octanol–water partition coefficient (Wildman–Crippen LogP) is 3.59. The van der Waals surface area contributed by atoms with Crippen LogP contribution in [0.3, 0.4) is 0 Å². The standard InChI is InChI=1S/C23H26N4O3/c1-4-30-22(29)19-20(16-9-12-24-13-10-16)27-18-8-6-5-7-17(18)25-23(27)26(21(19)28)14-11-15(2)3/h5-10,12-13,15,19-20H,4,11,14H2,1-3H3/t19-,20+/m0/s1. The molecule has 4 rings (SSSR count). The number of para-hydroxylation sites is 2. The summed E-state index contributed by atoms with van der Waals surface area (Å²) in [5.74, 6) is -0.774. The fourth-order valence-electron chi connectivity index (χ4n) is 4.01. The summed E-state index contributed by atoms with van der Waals surface area (Å²) in [6, 6.07) is 10.9. The molecular formula is C23H26N4O3. The van der Waals surface area contributed by atoms with E-state index in [1.54, 1.807) is 24.2 Å². The molecule has 3 aromatic rings. The summed E-state index contributed by atoms with van der Waals surface area (Å²) in [6.07, 6.45) is 4.16. The first-order valence-electron chi connectivity index (χ1n) is 10.4. The van der Waals surface area contributed by atoms with E-state index in [2.05, 4.69) is 18.8 Å². The second-order valence-corrected chi connectivity index (χ2v) is 7.90. The Morgan fingerprint density at radius 3 is 2.60 bits per heavy atom. The van der Waals surface area contributed by atoms with Crippen molar-refractivity contribution in [2.24, 2.45) is 11.8 Å². The van der Waals surface area contributed by atoms with E-state index in [0.29, 0.717) is 18.4 Å². The van der Waals surface area contributed by atoms with Crippen molar-refractivity contribution in [1.82, 2.24) is 14.5 Å². The molecule has 0 radical (unpaired) electrons. The molecule has 0 bridgehead atoms. The van der Waals surface area contributed by atoms with Gasteiger partial charge in [0.25, 0.3) is 0 Å². The van der Waals surface area contributed by atoms with Gasteiger partial charge in [0.05, 0.1) is 23.7 Å². The molecule has 0 unspecified atom stereocenters. The van der Waals surface area contributed by atoms with Crippen molar-refractivity contribution in [3.8, 4) is 0 Å². The van der Waals surface area contributed by atoms with Crippen LogP contribution >= 0.6 is 0 Å². The molecule has 0 N–H and O–H groups in total. The lowest BCUT2D eigenvalue weighted by Crippen LogP contribution is -2.50. The van der Waals surface area contributed by atoms with Crippen LogP contribution in [0.4, 0.5) is 5.95 Å². The number of anilines is 1. The monoisotopic (exact) mass is 406 g/mol. The highest BCUT2D eigenvalue weighted by Crippen LogP contribution is 2.41. The van der Waals surface area contributed by atoms with Crippen LogP contribution in [0.25, 0.3) is 11.0 Å². The molecular weight excluding hydrogens is 380 g/mol. The van der Waals surface area contributed by atoms with Crippen molar-refractivity contribution >= 4 is 28.9 Å². The Morgan fingerprint density at radius 2 is 1.90 bits per heavy atom. The van der Waals surface area contributed by atoms with Crippen LogP contribution in [0.2, 0.25) is 0 Å². The van der Waals surface area contributed by atoms with Crippen molar-refractivity contribution in [3.05, 3.63) is 54.4 Å². The molecule has 0 aliphatic carbocycles. The molecule has 1 aliphatic rings. The molecule has 7 nitrogen and oxygen atoms in total. The molecule has 0 spiro atoms. The number of rotatable bonds is 6. The first-order chi connectivity index (χ1) is 14.5. The molecule has 0 fully saturated rings. The van der Waals surface area contributed by atoms with Crippen LogP contribution in [-0.4, -0.2) is 39.6 Å². The number of carbonyl (C=O) groups is 2. The lowest BCUT2D eigenvalue weighted by molar-refractivity contribution is -0.153. The maximum Gasteiger partial charge on any atom is 0.321 e. The van der Waals surface area contributed by atoms with Gasteiger partial charge in [-0.2, -0.15) is 0 Å². The van der Waals surface area contributed by atoms with Gasteiger partial charge in [-0.1, -0.05) is 26.0 Å². The minimum atomic E-state index is -0.982. The van der Waals surface area contributed by atoms with Gasteiger partial charge >= 0.3 is 5.97 Å². The molecule has 30 heavy (non-hydrogen) atoms. The summed E-state index contributed by atoms with van der Waals surface area (Å²) in [5.41, 5.74) is 2.49. The average Bonchev–Trinajstić information content (AvgIpc) is 3.12. The number of imidazole rings is 1. The Morgan fingerprint density at radius 1 is 1.17 bits per heavy atom. The Hall–Kier alpha value is -3.22. The van der Waals surface area contributed by atoms with E-state index in [0.717, 1.165) is 23.0 Å². The van der Waals surface area contributed by atoms with Gasteiger partial charge in [-0.15, -0.1) is 0 Å². The number of esters is 1. The van der Waals surface area contributed by atoms with Crippen molar-refractivity contribution in [3.63, 3.8) is 0 Å². The highest BCUT2D eigenvalue weighted by atomic mass is 16.5. The third-order valence-electron chi connectivity index (χ3n) is 5.46. The predicted molar refractivity (Wildman–Crippen MR) is 114 cm³/mol. The van der Waals surface area contributed by atoms with Gasteiger partial charge in [-0.3, -0.25) is 19.5 Å². The molecule has 1 aliphatic heterocycles. The van der Waals surface area contributed by atoms with Crippen molar-refractivity contribution in [2.75, 3.05) is 18.1 Å². The van der Waals surface area contributed by atoms with Crippen LogP contribution in [0.15, 0.2) is 48.8 Å². The first-order valence-corrected chi connectivity index (χ1v) is 10.4. The zero-order valence-corrected chi connectivity index (χ0v) is 17.5. The molecule has 156 valence electrons. The largest absolute Gasteiger partial charge is 0.465 e. The van der Waals surface area contributed by atoms with Gasteiger partial charge in [0.2, 0.25) is 11.9 Å². The quantitative estimate of drug-likeness (QED) is 0.462. The van der Waals surface area contributed by atoms with Crippen LogP contribution in [0.5, 0.6) is 0 Å². The highest BCUT2D eigenvalue weighted by molar-refractivity contribution is 6.08. The van der Waals surface area contributed by atoms with E-state index in [4.69, 9.17) is 9.72 Å². The molecule has 3 heterocycles. The van der Waals surface area contributed by atoms with E-state index >= 15 is 0 Å². The maximum absolute atomic E-state index is 13.6. The topological polar surface area (TPSA) is 77.3 Å². The normalized spacial score (nSPS) is 18.7. The van der Waals surface area contributed by atoms with Gasteiger partial charge in [-0.25, -0.2) is 4.98 Å². The van der Waals surface area contributed by atoms with Crippen LogP contribution in [-0.2, 0) is 14.3 Å². The Balaban J connectivity index is 1.95. The smallest absolute Gasteiger partial charge is 0.321 e. The van der Waals surface area contributed by atoms with E-state index < -0.39 is 17.9 Å². The summed E-state index contributed by atoms with van der Waals surface area (Å²) >= 11 is 0. The number of ether oxygens (including phenoxy) is 1. The van der Waals surface area contributed by atoms with Crippen LogP contribution in [0, 0.1) is 11.8 Å². The first kappa shape index (κ1) is 20.1. The summed E-state index contributed by atoms with van der Waals surface area (Å²) in [6.45, 7) is 6.69. The maximum atomic E-state index is 13.6. The Kier molecular flexibility index (Phi) is 5.53. The third kappa shape index (κ3) is 3.44. The Labute approximate surface area is 175 Å². The zero-order valence-electron chi connectivity index (χ0n) is 17.5. The van der Waals surface area contributed by atoms with Crippen molar-refractivity contribution < 1.29 is 14.3 Å². The third-order valence-corrected chi connectivity index (χ3v) is 5.46. The van der Waals surface area contributed by atoms with Crippen LogP contribution < -0.4 is 4.90 Å². The molecule has 1 aromatic carbocycles. The van der Waals surface area contributed by atoms with Gasteiger partial charge in [0, 0.05) is 18.9 Å². The minimum absolute atomic E-state index is 0.217. The van der Waals surface area contributed by atoms with E-state index in [9.17, 15) is 9.59 Å². The second kappa shape index (κ2) is 8.26. The summed E-state index contributed by atoms with van der Waals surface area (Å²) in [7, 11) is 0. The van der Waals surface area contributed by atoms with E-state index in [1.807, 2.05) is 41.0 Å². The average molecular weight is 406 g/mol. The molecule has 2 atom stereocenters. The number of hydrogen-bond donors (Lipinski definition) is 0. The van der Waals surface area contributed by atoms with Gasteiger partial charge in [-0.05, 0) is 49.1 Å². The van der Waals surface area contributed by atoms with Crippen molar-refractivity contribution in [2.45, 2.75) is 33.2 Å². The SMILES string of the molecule is CCOC(=O)[C@@H]1C(=O)N(CCC(C)C)c2nc3ccccc3n2[C@@H]1c1ccncc1. The number of pyridine rings is 1. The van der Waals surface area contributed by atoms with Gasteiger partial charge in [0.1, 0.15) is 0 Å². The fraction of sp³-hybridized carbons (Fsp3) is 0.391. The minimum Gasteiger partial charge on any atom is -0.465 e. The number of hydrogen-bond acceptors (Lipinski definition) is 5. The van der Waals surface area contributed by atoms with E-state index in [1.165, 1.54) is 0 Å². The van der Waals surface area contributed by atoms with Crippen molar-refractivity contribution in [1.29, 1.82) is 0 Å². The highest BCUT2D eigenvalue weighted by Gasteiger charge is 2.47. The molecule has 2 aromatic heterocycles. The number of fused-ring (bicyclic) bond motifs is 3. The van der Waals surface area contributed by atoms with Gasteiger partial charge in [0.15, 0.2) is 5.92 Å². The molecule has 0 saturated heterocycles. The van der Waals surface area contributed by atoms with E-state index in [-0.39, 0.29) is 12.5 Å². The van der Waals surface area contributed by atoms with Crippen LogP contribution in [0.1, 0.15) is 38.8 Å². The number of benzene rings is 1. The second-order valence-electron chi connectivity index (χ2n) is 7.90. The summed E-state index contributed by atoms with van der Waals surface area (Å²) in [4.78, 5) is 37.2. The lowest BCUT2D eigenvalue weighted by Gasteiger charge is -2.38. The van der Waals surface area contributed by atoms with Gasteiger partial charge < -0.3 is 9.30 Å². The number of aromatic nitrogens is 3. The summed E-state index contributed by atoms with van der Waals surface area (Å²) < 4.78 is 7.35. The zero-order chi connectivity index (χ0) is 21.3. The Bertz CT molecular complexity index is 1060. The number of amides is 1. The molecule has 1 amide bonds. The molecule has 0 saturated carbocycles. The number of carbonyl (C=O) groups excluding carboxylic acids is 2.